The number of rotatable bonds is 12. The van der Waals surface area contributed by atoms with E-state index < -0.39 is 17.4 Å². The molecule has 0 amide bonds. The zero-order valence-corrected chi connectivity index (χ0v) is 29.8. The van der Waals surface area contributed by atoms with Crippen molar-refractivity contribution in [1.29, 1.82) is 0 Å². The maximum absolute atomic E-state index is 14.0. The van der Waals surface area contributed by atoms with Crippen molar-refractivity contribution in [2.45, 2.75) is 62.7 Å². The van der Waals surface area contributed by atoms with Gasteiger partial charge in [0, 0.05) is 0 Å². The molecular weight excluding hydrogens is 637 g/mol. The minimum Gasteiger partial charge on any atom is -0.466 e. The van der Waals surface area contributed by atoms with Crippen molar-refractivity contribution in [1.82, 2.24) is 0 Å². The second-order valence-corrected chi connectivity index (χ2v) is 15.8. The SMILES string of the molecule is CCOC(=O)[C@@H]1[C@H]2C(=O)OC(CCCC3SCCCS3)C(C)=C2C(COC(c2ccccc2)(c2ccccc2)c2ccccc2)=C[C@@H]1C. The van der Waals surface area contributed by atoms with Crippen LogP contribution in [0.5, 0.6) is 0 Å². The van der Waals surface area contributed by atoms with Crippen LogP contribution >= 0.6 is 23.5 Å². The van der Waals surface area contributed by atoms with E-state index in [1.807, 2.05) is 85.0 Å². The smallest absolute Gasteiger partial charge is 0.314 e. The molecule has 3 aromatic rings. The van der Waals surface area contributed by atoms with Crippen LogP contribution in [0.15, 0.2) is 114 Å². The van der Waals surface area contributed by atoms with Crippen molar-refractivity contribution in [2.75, 3.05) is 24.7 Å². The summed E-state index contributed by atoms with van der Waals surface area (Å²) in [6.07, 6.45) is 5.91. The van der Waals surface area contributed by atoms with Gasteiger partial charge in [0.25, 0.3) is 0 Å². The van der Waals surface area contributed by atoms with Crippen molar-refractivity contribution >= 4 is 35.5 Å². The summed E-state index contributed by atoms with van der Waals surface area (Å²) in [5.74, 6) is 0.126. The average molecular weight is 683 g/mol. The number of esters is 2. The molecule has 0 bridgehead atoms. The zero-order chi connectivity index (χ0) is 33.5. The van der Waals surface area contributed by atoms with Crippen LogP contribution in [0.4, 0.5) is 0 Å². The fraction of sp³-hybridized carbons (Fsp3) is 0.415. The van der Waals surface area contributed by atoms with E-state index in [0.717, 1.165) is 52.7 Å². The quantitative estimate of drug-likeness (QED) is 0.140. The molecule has 1 aliphatic carbocycles. The molecule has 1 unspecified atom stereocenters. The molecule has 1 fully saturated rings. The summed E-state index contributed by atoms with van der Waals surface area (Å²) in [5.41, 5.74) is 4.97. The third-order valence-electron chi connectivity index (χ3n) is 9.81. The first-order valence-electron chi connectivity index (χ1n) is 17.3. The summed E-state index contributed by atoms with van der Waals surface area (Å²) in [6, 6.07) is 31.0. The minimum atomic E-state index is -0.917. The third-order valence-corrected chi connectivity index (χ3v) is 12.9. The highest BCUT2D eigenvalue weighted by Crippen LogP contribution is 2.47. The van der Waals surface area contributed by atoms with Gasteiger partial charge < -0.3 is 14.2 Å². The number of carbonyl (C=O) groups is 2. The number of benzene rings is 3. The molecule has 6 rings (SSSR count). The molecule has 0 N–H and O–H groups in total. The van der Waals surface area contributed by atoms with Crippen LogP contribution in [-0.4, -0.2) is 47.3 Å². The molecule has 0 aromatic heterocycles. The molecule has 2 aliphatic heterocycles. The zero-order valence-electron chi connectivity index (χ0n) is 28.1. The lowest BCUT2D eigenvalue weighted by Crippen LogP contribution is -2.46. The molecule has 252 valence electrons. The Labute approximate surface area is 293 Å². The van der Waals surface area contributed by atoms with E-state index in [2.05, 4.69) is 49.4 Å². The molecule has 0 saturated carbocycles. The first kappa shape index (κ1) is 34.6. The van der Waals surface area contributed by atoms with Crippen LogP contribution in [0, 0.1) is 17.8 Å². The van der Waals surface area contributed by atoms with Gasteiger partial charge in [-0.1, -0.05) is 104 Å². The molecule has 3 aromatic carbocycles. The van der Waals surface area contributed by atoms with Crippen LogP contribution < -0.4 is 0 Å². The van der Waals surface area contributed by atoms with Gasteiger partial charge in [0.1, 0.15) is 11.7 Å². The van der Waals surface area contributed by atoms with E-state index in [1.54, 1.807) is 6.92 Å². The highest BCUT2D eigenvalue weighted by atomic mass is 32.2. The molecule has 4 atom stereocenters. The number of allylic oxidation sites excluding steroid dienone is 1. The Morgan fingerprint density at radius 3 is 1.98 bits per heavy atom. The summed E-state index contributed by atoms with van der Waals surface area (Å²) < 4.78 is 19.6. The predicted molar refractivity (Wildman–Crippen MR) is 196 cm³/mol. The van der Waals surface area contributed by atoms with Gasteiger partial charge in [-0.2, -0.15) is 0 Å². The number of hydrogen-bond donors (Lipinski definition) is 0. The Hall–Kier alpha value is -3.26. The molecule has 7 heteroatoms. The van der Waals surface area contributed by atoms with Crippen molar-refractivity contribution in [3.8, 4) is 0 Å². The lowest BCUT2D eigenvalue weighted by molar-refractivity contribution is -0.164. The van der Waals surface area contributed by atoms with Crippen LogP contribution in [0.2, 0.25) is 0 Å². The number of cyclic esters (lactones) is 1. The highest BCUT2D eigenvalue weighted by Gasteiger charge is 2.50. The van der Waals surface area contributed by atoms with Crippen molar-refractivity contribution in [3.05, 3.63) is 130 Å². The van der Waals surface area contributed by atoms with Gasteiger partial charge in [-0.05, 0) is 90.4 Å². The first-order valence-corrected chi connectivity index (χ1v) is 19.4. The van der Waals surface area contributed by atoms with Crippen LogP contribution in [0.25, 0.3) is 0 Å². The van der Waals surface area contributed by atoms with E-state index >= 15 is 0 Å². The molecule has 0 radical (unpaired) electrons. The van der Waals surface area contributed by atoms with Crippen molar-refractivity contribution in [2.24, 2.45) is 17.8 Å². The molecular formula is C41H46O5S2. The lowest BCUT2D eigenvalue weighted by atomic mass is 9.68. The van der Waals surface area contributed by atoms with Gasteiger partial charge in [0.05, 0.1) is 29.6 Å². The standard InChI is InChI=1S/C41H46O5S2/c1-4-44-39(42)36-28(2)26-30(37-29(3)34(46-40(43)38(36)37)22-14-23-35-47-24-15-25-48-35)27-45-41(31-16-8-5-9-17-31,32-18-10-6-11-19-32)33-20-12-7-13-21-33/h5-13,16-21,26,28,34-36,38H,4,14-15,22-25,27H2,1-3H3/t28-,34?,36-,38+/m0/s1. The molecule has 5 nitrogen and oxygen atoms in total. The first-order chi connectivity index (χ1) is 23.4. The van der Waals surface area contributed by atoms with E-state index in [0.29, 0.717) is 4.58 Å². The van der Waals surface area contributed by atoms with E-state index in [9.17, 15) is 9.59 Å². The van der Waals surface area contributed by atoms with Gasteiger partial charge >= 0.3 is 11.9 Å². The number of ether oxygens (including phenoxy) is 3. The summed E-state index contributed by atoms with van der Waals surface area (Å²) >= 11 is 4.09. The molecule has 1 saturated heterocycles. The number of fused-ring (bicyclic) bond motifs is 1. The Kier molecular flexibility index (Phi) is 11.5. The maximum atomic E-state index is 14.0. The topological polar surface area (TPSA) is 61.8 Å². The summed E-state index contributed by atoms with van der Waals surface area (Å²) in [5, 5.41) is 0. The van der Waals surface area contributed by atoms with Gasteiger partial charge in [0.2, 0.25) is 0 Å². The lowest BCUT2D eigenvalue weighted by Gasteiger charge is -2.42. The number of carbonyl (C=O) groups excluding carboxylic acids is 2. The Morgan fingerprint density at radius 1 is 0.875 bits per heavy atom. The summed E-state index contributed by atoms with van der Waals surface area (Å²) in [7, 11) is 0. The monoisotopic (exact) mass is 682 g/mol. The van der Waals surface area contributed by atoms with E-state index in [1.165, 1.54) is 17.9 Å². The van der Waals surface area contributed by atoms with Crippen molar-refractivity contribution < 1.29 is 23.8 Å². The van der Waals surface area contributed by atoms with Gasteiger partial charge in [-0.25, -0.2) is 0 Å². The predicted octanol–water partition coefficient (Wildman–Crippen LogP) is 8.98. The van der Waals surface area contributed by atoms with Crippen LogP contribution in [0.1, 0.15) is 63.1 Å². The number of thioether (sulfide) groups is 2. The third kappa shape index (κ3) is 7.19. The second-order valence-electron chi connectivity index (χ2n) is 12.9. The fourth-order valence-corrected chi connectivity index (χ4v) is 10.5. The fourth-order valence-electron chi connectivity index (χ4n) is 7.55. The molecule has 2 heterocycles. The molecule has 0 spiro atoms. The number of hydrogen-bond acceptors (Lipinski definition) is 7. The summed E-state index contributed by atoms with van der Waals surface area (Å²) in [4.78, 5) is 27.4. The van der Waals surface area contributed by atoms with Gasteiger partial charge in [-0.15, -0.1) is 23.5 Å². The van der Waals surface area contributed by atoms with Gasteiger partial charge in [0.15, 0.2) is 0 Å². The van der Waals surface area contributed by atoms with E-state index in [-0.39, 0.29) is 37.2 Å². The largest absolute Gasteiger partial charge is 0.466 e. The minimum absolute atomic E-state index is 0.242. The molecule has 48 heavy (non-hydrogen) atoms. The molecule has 3 aliphatic rings. The maximum Gasteiger partial charge on any atom is 0.314 e. The van der Waals surface area contributed by atoms with Crippen molar-refractivity contribution in [3.63, 3.8) is 0 Å². The Bertz CT molecular complexity index is 1500. The van der Waals surface area contributed by atoms with Crippen LogP contribution in [0.3, 0.4) is 0 Å². The highest BCUT2D eigenvalue weighted by molar-refractivity contribution is 8.17. The van der Waals surface area contributed by atoms with E-state index in [4.69, 9.17) is 14.2 Å². The summed E-state index contributed by atoms with van der Waals surface area (Å²) in [6.45, 7) is 6.38. The average Bonchev–Trinajstić information content (AvgIpc) is 3.12. The van der Waals surface area contributed by atoms with Gasteiger partial charge in [-0.3, -0.25) is 9.59 Å². The Morgan fingerprint density at radius 2 is 1.44 bits per heavy atom. The second kappa shape index (κ2) is 16.0. The Balaban J connectivity index is 1.39. The normalized spacial score (nSPS) is 23.2. The van der Waals surface area contributed by atoms with Crippen LogP contribution in [-0.2, 0) is 29.4 Å².